The average molecular weight is 208 g/mol. The Morgan fingerprint density at radius 3 is 3.00 bits per heavy atom. The van der Waals surface area contributed by atoms with E-state index in [0.29, 0.717) is 11.7 Å². The second-order valence-electron chi connectivity index (χ2n) is 3.37. The summed E-state index contributed by atoms with van der Waals surface area (Å²) in [7, 11) is 1.35. The van der Waals surface area contributed by atoms with Gasteiger partial charge in [-0.3, -0.25) is 0 Å². The molecule has 1 atom stereocenters. The average Bonchev–Trinajstić information content (AvgIpc) is 2.28. The Bertz CT molecular complexity index is 339. The fourth-order valence-corrected chi connectivity index (χ4v) is 1.12. The molecule has 82 valence electrons. The van der Waals surface area contributed by atoms with Crippen LogP contribution in [-0.4, -0.2) is 24.1 Å². The standard InChI is InChI=1S/C11H16N2O2/c1-4-8(2)13-9-5-6-12-10(7-9)11(14)15-3/h5-8H,4H2,1-3H3,(H,12,13). The molecule has 0 fully saturated rings. The van der Waals surface area contributed by atoms with Gasteiger partial charge in [-0.05, 0) is 25.5 Å². The molecule has 1 aromatic heterocycles. The van der Waals surface area contributed by atoms with E-state index in [0.717, 1.165) is 12.1 Å². The monoisotopic (exact) mass is 208 g/mol. The van der Waals surface area contributed by atoms with Crippen LogP contribution in [0.15, 0.2) is 18.3 Å². The van der Waals surface area contributed by atoms with Crippen molar-refractivity contribution in [3.8, 4) is 0 Å². The molecule has 1 aromatic rings. The minimum absolute atomic E-state index is 0.325. The largest absolute Gasteiger partial charge is 0.464 e. The molecule has 0 bridgehead atoms. The Balaban J connectivity index is 2.78. The second-order valence-corrected chi connectivity index (χ2v) is 3.37. The van der Waals surface area contributed by atoms with Crippen molar-refractivity contribution >= 4 is 11.7 Å². The molecule has 15 heavy (non-hydrogen) atoms. The fourth-order valence-electron chi connectivity index (χ4n) is 1.12. The highest BCUT2D eigenvalue weighted by Gasteiger charge is 2.07. The Morgan fingerprint density at radius 1 is 1.67 bits per heavy atom. The molecule has 0 aliphatic carbocycles. The van der Waals surface area contributed by atoms with E-state index < -0.39 is 5.97 Å². The summed E-state index contributed by atoms with van der Waals surface area (Å²) in [6.07, 6.45) is 2.62. The van der Waals surface area contributed by atoms with Crippen LogP contribution < -0.4 is 5.32 Å². The summed E-state index contributed by atoms with van der Waals surface area (Å²) in [5, 5.41) is 3.26. The van der Waals surface area contributed by atoms with Crippen molar-refractivity contribution < 1.29 is 9.53 Å². The molecule has 1 heterocycles. The Kier molecular flexibility index (Phi) is 4.09. The third-order valence-corrected chi connectivity index (χ3v) is 2.18. The number of hydrogen-bond acceptors (Lipinski definition) is 4. The van der Waals surface area contributed by atoms with Gasteiger partial charge in [0.25, 0.3) is 0 Å². The number of pyridine rings is 1. The quantitative estimate of drug-likeness (QED) is 0.770. The zero-order valence-corrected chi connectivity index (χ0v) is 9.28. The first kappa shape index (κ1) is 11.5. The first-order valence-electron chi connectivity index (χ1n) is 4.98. The van der Waals surface area contributed by atoms with E-state index in [1.807, 2.05) is 6.07 Å². The number of methoxy groups -OCH3 is 1. The van der Waals surface area contributed by atoms with Gasteiger partial charge in [0.05, 0.1) is 7.11 Å². The van der Waals surface area contributed by atoms with Crippen molar-refractivity contribution in [1.82, 2.24) is 4.98 Å². The maximum absolute atomic E-state index is 11.2. The number of aromatic nitrogens is 1. The van der Waals surface area contributed by atoms with Gasteiger partial charge < -0.3 is 10.1 Å². The van der Waals surface area contributed by atoms with Gasteiger partial charge in [-0.25, -0.2) is 9.78 Å². The maximum Gasteiger partial charge on any atom is 0.356 e. The van der Waals surface area contributed by atoms with E-state index in [1.54, 1.807) is 12.3 Å². The van der Waals surface area contributed by atoms with Gasteiger partial charge in [0.15, 0.2) is 0 Å². The second kappa shape index (κ2) is 5.34. The number of ether oxygens (including phenoxy) is 1. The molecule has 0 spiro atoms. The van der Waals surface area contributed by atoms with Crippen LogP contribution in [0.2, 0.25) is 0 Å². The molecule has 0 saturated heterocycles. The van der Waals surface area contributed by atoms with E-state index >= 15 is 0 Å². The number of anilines is 1. The molecule has 0 amide bonds. The molecule has 4 nitrogen and oxygen atoms in total. The van der Waals surface area contributed by atoms with E-state index in [2.05, 4.69) is 28.9 Å². The number of carbonyl (C=O) groups is 1. The number of nitrogens with zero attached hydrogens (tertiary/aromatic N) is 1. The summed E-state index contributed by atoms with van der Waals surface area (Å²) < 4.78 is 4.59. The molecular weight excluding hydrogens is 192 g/mol. The van der Waals surface area contributed by atoms with Crippen molar-refractivity contribution in [2.45, 2.75) is 26.3 Å². The van der Waals surface area contributed by atoms with Crippen molar-refractivity contribution in [1.29, 1.82) is 0 Å². The summed E-state index contributed by atoms with van der Waals surface area (Å²) in [6, 6.07) is 3.90. The van der Waals surface area contributed by atoms with Crippen LogP contribution >= 0.6 is 0 Å². The third-order valence-electron chi connectivity index (χ3n) is 2.18. The predicted molar refractivity (Wildman–Crippen MR) is 59.0 cm³/mol. The first-order chi connectivity index (χ1) is 7.17. The topological polar surface area (TPSA) is 51.2 Å². The Labute approximate surface area is 89.7 Å². The van der Waals surface area contributed by atoms with Gasteiger partial charge >= 0.3 is 5.97 Å². The summed E-state index contributed by atoms with van der Waals surface area (Å²) in [5.41, 5.74) is 1.21. The van der Waals surface area contributed by atoms with E-state index in [4.69, 9.17) is 0 Å². The predicted octanol–water partition coefficient (Wildman–Crippen LogP) is 2.08. The van der Waals surface area contributed by atoms with E-state index in [-0.39, 0.29) is 0 Å². The van der Waals surface area contributed by atoms with Crippen LogP contribution in [0.1, 0.15) is 30.8 Å². The SMILES string of the molecule is CCC(C)Nc1ccnc(C(=O)OC)c1. The van der Waals surface area contributed by atoms with Crippen molar-refractivity contribution in [3.63, 3.8) is 0 Å². The minimum Gasteiger partial charge on any atom is -0.464 e. The fraction of sp³-hybridized carbons (Fsp3) is 0.455. The molecule has 4 heteroatoms. The zero-order valence-electron chi connectivity index (χ0n) is 9.28. The lowest BCUT2D eigenvalue weighted by molar-refractivity contribution is 0.0594. The molecule has 1 unspecified atom stereocenters. The highest BCUT2D eigenvalue weighted by Crippen LogP contribution is 2.11. The zero-order chi connectivity index (χ0) is 11.3. The van der Waals surface area contributed by atoms with Gasteiger partial charge in [0.2, 0.25) is 0 Å². The number of esters is 1. The van der Waals surface area contributed by atoms with Gasteiger partial charge in [-0.2, -0.15) is 0 Å². The number of nitrogens with one attached hydrogen (secondary N) is 1. The van der Waals surface area contributed by atoms with E-state index in [9.17, 15) is 4.79 Å². The van der Waals surface area contributed by atoms with E-state index in [1.165, 1.54) is 7.11 Å². The third kappa shape index (κ3) is 3.23. The van der Waals surface area contributed by atoms with Gasteiger partial charge in [0, 0.05) is 17.9 Å². The summed E-state index contributed by atoms with van der Waals surface area (Å²) in [5.74, 6) is -0.414. The molecule has 1 N–H and O–H groups in total. The van der Waals surface area contributed by atoms with Crippen molar-refractivity contribution in [2.75, 3.05) is 12.4 Å². The van der Waals surface area contributed by atoms with Crippen molar-refractivity contribution in [2.24, 2.45) is 0 Å². The lowest BCUT2D eigenvalue weighted by Crippen LogP contribution is -2.14. The van der Waals surface area contributed by atoms with Crippen LogP contribution in [0.5, 0.6) is 0 Å². The molecule has 0 aromatic carbocycles. The number of carbonyl (C=O) groups excluding carboxylic acids is 1. The van der Waals surface area contributed by atoms with Crippen LogP contribution in [0.25, 0.3) is 0 Å². The summed E-state index contributed by atoms with van der Waals surface area (Å²) in [4.78, 5) is 15.1. The van der Waals surface area contributed by atoms with Gasteiger partial charge in [-0.15, -0.1) is 0 Å². The number of rotatable bonds is 4. The molecule has 0 radical (unpaired) electrons. The lowest BCUT2D eigenvalue weighted by atomic mass is 10.2. The summed E-state index contributed by atoms with van der Waals surface area (Å²) >= 11 is 0. The Morgan fingerprint density at radius 2 is 2.40 bits per heavy atom. The molecule has 0 saturated carbocycles. The van der Waals surface area contributed by atoms with Gasteiger partial charge in [-0.1, -0.05) is 6.92 Å². The first-order valence-corrected chi connectivity index (χ1v) is 4.98. The van der Waals surface area contributed by atoms with Crippen LogP contribution in [0, 0.1) is 0 Å². The molecule has 1 rings (SSSR count). The molecule has 0 aliphatic rings. The Hall–Kier alpha value is -1.58. The summed E-state index contributed by atoms with van der Waals surface area (Å²) in [6.45, 7) is 4.18. The van der Waals surface area contributed by atoms with Crippen molar-refractivity contribution in [3.05, 3.63) is 24.0 Å². The highest BCUT2D eigenvalue weighted by molar-refractivity contribution is 5.88. The van der Waals surface area contributed by atoms with Gasteiger partial charge in [0.1, 0.15) is 5.69 Å². The lowest BCUT2D eigenvalue weighted by Gasteiger charge is -2.12. The highest BCUT2D eigenvalue weighted by atomic mass is 16.5. The smallest absolute Gasteiger partial charge is 0.356 e. The normalized spacial score (nSPS) is 11.9. The maximum atomic E-state index is 11.2. The molecular formula is C11H16N2O2. The van der Waals surface area contributed by atoms with Crippen LogP contribution in [0.4, 0.5) is 5.69 Å². The minimum atomic E-state index is -0.414. The number of hydrogen-bond donors (Lipinski definition) is 1. The van der Waals surface area contributed by atoms with Crippen LogP contribution in [0.3, 0.4) is 0 Å². The van der Waals surface area contributed by atoms with Crippen LogP contribution in [-0.2, 0) is 4.74 Å². The molecule has 0 aliphatic heterocycles.